The zero-order valence-electron chi connectivity index (χ0n) is 15.8. The van der Waals surface area contributed by atoms with E-state index in [0.29, 0.717) is 10.8 Å². The predicted octanol–water partition coefficient (Wildman–Crippen LogP) is 4.57. The molecule has 8 nitrogen and oxygen atoms in total. The van der Waals surface area contributed by atoms with Gasteiger partial charge in [0.2, 0.25) is 5.91 Å². The number of hydrogen-bond donors (Lipinski definition) is 2. The van der Waals surface area contributed by atoms with E-state index in [4.69, 9.17) is 4.55 Å². The first-order valence-electron chi connectivity index (χ1n) is 8.69. The molecule has 1 amide bonds. The number of amides is 1. The minimum atomic E-state index is -1.91. The van der Waals surface area contributed by atoms with Crippen molar-refractivity contribution in [2.24, 2.45) is 0 Å². The van der Waals surface area contributed by atoms with Crippen LogP contribution in [0.4, 0.5) is 10.8 Å². The highest BCUT2D eigenvalue weighted by Gasteiger charge is 2.13. The fraction of sp³-hybridized carbons (Fsp3) is 0.100. The summed E-state index contributed by atoms with van der Waals surface area (Å²) in [7, 11) is 0. The molecule has 1 unspecified atom stereocenters. The van der Waals surface area contributed by atoms with Gasteiger partial charge in [-0.3, -0.25) is 14.9 Å². The number of thiazole rings is 1. The Labute approximate surface area is 178 Å². The third kappa shape index (κ3) is 5.66. The number of nitrogens with one attached hydrogen (secondary N) is 1. The smallest absolute Gasteiger partial charge is 0.269 e. The highest BCUT2D eigenvalue weighted by molar-refractivity contribution is 7.78. The minimum absolute atomic E-state index is 0.0124. The number of nitro groups is 1. The highest BCUT2D eigenvalue weighted by Crippen LogP contribution is 2.34. The summed E-state index contributed by atoms with van der Waals surface area (Å²) < 4.78 is 20.0. The first-order valence-corrected chi connectivity index (χ1v) is 10.8. The molecule has 10 heteroatoms. The number of hydrogen-bond acceptors (Lipinski definition) is 6. The molecule has 2 aromatic carbocycles. The Kier molecular flexibility index (Phi) is 6.83. The van der Waals surface area contributed by atoms with Gasteiger partial charge >= 0.3 is 0 Å². The van der Waals surface area contributed by atoms with Gasteiger partial charge in [0, 0.05) is 19.1 Å². The molecule has 0 radical (unpaired) electrons. The predicted molar refractivity (Wildman–Crippen MR) is 118 cm³/mol. The van der Waals surface area contributed by atoms with Crippen LogP contribution < -0.4 is 5.32 Å². The fourth-order valence-corrected chi connectivity index (χ4v) is 4.11. The third-order valence-corrected chi connectivity index (χ3v) is 5.60. The molecule has 0 saturated heterocycles. The standard InChI is InChI=1S/C20H17N3O5S2/c1-13(24)21-20-22-18(11-6-14-4-9-17(10-5-14)23(25)26)19(29-20)16-7-2-15(3-8-16)12-30(27)28/h2-11H,12H2,1H3,(H,27,28)(H,21,22,24)/b11-6+. The Balaban J connectivity index is 1.92. The number of non-ortho nitro benzene ring substituents is 1. The normalized spacial score (nSPS) is 12.1. The molecule has 0 bridgehead atoms. The van der Waals surface area contributed by atoms with E-state index in [2.05, 4.69) is 10.3 Å². The molecular formula is C20H17N3O5S2. The molecule has 30 heavy (non-hydrogen) atoms. The van der Waals surface area contributed by atoms with Crippen molar-refractivity contribution in [1.29, 1.82) is 0 Å². The van der Waals surface area contributed by atoms with Gasteiger partial charge in [-0.1, -0.05) is 41.7 Å². The number of anilines is 1. The van der Waals surface area contributed by atoms with Crippen molar-refractivity contribution in [1.82, 2.24) is 4.98 Å². The summed E-state index contributed by atoms with van der Waals surface area (Å²) >= 11 is -0.605. The number of nitro benzene ring substituents is 1. The lowest BCUT2D eigenvalue weighted by molar-refractivity contribution is -0.384. The van der Waals surface area contributed by atoms with Crippen LogP contribution in [0, 0.1) is 10.1 Å². The number of carbonyl (C=O) groups is 1. The first kappa shape index (κ1) is 21.5. The van der Waals surface area contributed by atoms with Crippen LogP contribution in [0.15, 0.2) is 48.5 Å². The van der Waals surface area contributed by atoms with Gasteiger partial charge < -0.3 is 9.87 Å². The number of benzene rings is 2. The monoisotopic (exact) mass is 443 g/mol. The maximum Gasteiger partial charge on any atom is 0.269 e. The highest BCUT2D eigenvalue weighted by atomic mass is 32.2. The van der Waals surface area contributed by atoms with E-state index >= 15 is 0 Å². The van der Waals surface area contributed by atoms with Crippen molar-refractivity contribution in [3.8, 4) is 10.4 Å². The van der Waals surface area contributed by atoms with Crippen molar-refractivity contribution in [3.05, 3.63) is 75.5 Å². The van der Waals surface area contributed by atoms with Gasteiger partial charge in [0.1, 0.15) is 0 Å². The van der Waals surface area contributed by atoms with Crippen molar-refractivity contribution < 1.29 is 18.5 Å². The zero-order valence-corrected chi connectivity index (χ0v) is 17.4. The Bertz CT molecular complexity index is 1120. The molecule has 1 aromatic heterocycles. The number of carbonyl (C=O) groups excluding carboxylic acids is 1. The van der Waals surface area contributed by atoms with Crippen LogP contribution in [0.5, 0.6) is 0 Å². The van der Waals surface area contributed by atoms with Gasteiger partial charge in [-0.05, 0) is 34.9 Å². The molecule has 3 rings (SSSR count). The molecule has 1 heterocycles. The average Bonchev–Trinajstić information content (AvgIpc) is 3.08. The van der Waals surface area contributed by atoms with E-state index in [1.807, 2.05) is 12.1 Å². The maximum atomic E-state index is 11.4. The summed E-state index contributed by atoms with van der Waals surface area (Å²) in [6, 6.07) is 13.3. The molecule has 0 spiro atoms. The number of aromatic nitrogens is 1. The van der Waals surface area contributed by atoms with Crippen LogP contribution in [-0.4, -0.2) is 24.6 Å². The summed E-state index contributed by atoms with van der Waals surface area (Å²) in [5.74, 6) is -0.186. The van der Waals surface area contributed by atoms with Crippen LogP contribution >= 0.6 is 11.3 Å². The Morgan fingerprint density at radius 1 is 1.20 bits per heavy atom. The van der Waals surface area contributed by atoms with Crippen molar-refractivity contribution in [3.63, 3.8) is 0 Å². The summed E-state index contributed by atoms with van der Waals surface area (Å²) in [4.78, 5) is 27.0. The molecule has 0 saturated carbocycles. The second kappa shape index (κ2) is 9.53. The molecule has 154 valence electrons. The lowest BCUT2D eigenvalue weighted by Crippen LogP contribution is -2.04. The summed E-state index contributed by atoms with van der Waals surface area (Å²) in [6.07, 6.45) is 3.55. The molecular weight excluding hydrogens is 426 g/mol. The second-order valence-electron chi connectivity index (χ2n) is 6.26. The molecule has 0 fully saturated rings. The Morgan fingerprint density at radius 3 is 2.43 bits per heavy atom. The fourth-order valence-electron chi connectivity index (χ4n) is 2.63. The van der Waals surface area contributed by atoms with E-state index < -0.39 is 16.0 Å². The van der Waals surface area contributed by atoms with Gasteiger partial charge in [0.25, 0.3) is 5.69 Å². The Morgan fingerprint density at radius 2 is 1.87 bits per heavy atom. The minimum Gasteiger partial charge on any atom is -0.306 e. The van der Waals surface area contributed by atoms with Gasteiger partial charge in [-0.15, -0.1) is 0 Å². The second-order valence-corrected chi connectivity index (χ2v) is 8.19. The molecule has 1 atom stereocenters. The largest absolute Gasteiger partial charge is 0.306 e. The van der Waals surface area contributed by atoms with Gasteiger partial charge in [-0.25, -0.2) is 9.19 Å². The topological polar surface area (TPSA) is 122 Å². The molecule has 3 aromatic rings. The first-order chi connectivity index (χ1) is 14.3. The molecule has 0 aliphatic heterocycles. The summed E-state index contributed by atoms with van der Waals surface area (Å²) in [6.45, 7) is 1.40. The Hall–Kier alpha value is -3.21. The quantitative estimate of drug-likeness (QED) is 0.313. The van der Waals surface area contributed by atoms with Gasteiger partial charge in [0.15, 0.2) is 16.2 Å². The molecule has 2 N–H and O–H groups in total. The lowest BCUT2D eigenvalue weighted by atomic mass is 10.1. The van der Waals surface area contributed by atoms with Crippen molar-refractivity contribution in [2.75, 3.05) is 5.32 Å². The maximum absolute atomic E-state index is 11.4. The van der Waals surface area contributed by atoms with Crippen LogP contribution in [0.2, 0.25) is 0 Å². The third-order valence-electron chi connectivity index (χ3n) is 3.98. The van der Waals surface area contributed by atoms with E-state index in [9.17, 15) is 19.1 Å². The van der Waals surface area contributed by atoms with E-state index in [-0.39, 0.29) is 17.3 Å². The van der Waals surface area contributed by atoms with Gasteiger partial charge in [0.05, 0.1) is 21.2 Å². The van der Waals surface area contributed by atoms with Crippen LogP contribution in [-0.2, 0) is 21.6 Å². The van der Waals surface area contributed by atoms with Crippen LogP contribution in [0.25, 0.3) is 22.6 Å². The lowest BCUT2D eigenvalue weighted by Gasteiger charge is -2.02. The zero-order chi connectivity index (χ0) is 21.7. The van der Waals surface area contributed by atoms with Gasteiger partial charge in [-0.2, -0.15) is 0 Å². The SMILES string of the molecule is CC(=O)Nc1nc(/C=C/c2ccc([N+](=O)[O-])cc2)c(-c2ccc(CS(=O)O)cc2)s1. The van der Waals surface area contributed by atoms with Crippen molar-refractivity contribution >= 4 is 51.3 Å². The molecule has 0 aliphatic carbocycles. The number of rotatable bonds is 7. The van der Waals surface area contributed by atoms with E-state index in [0.717, 1.165) is 21.6 Å². The van der Waals surface area contributed by atoms with Crippen LogP contribution in [0.3, 0.4) is 0 Å². The summed E-state index contributed by atoms with van der Waals surface area (Å²) in [5, 5.41) is 13.9. The molecule has 0 aliphatic rings. The summed E-state index contributed by atoms with van der Waals surface area (Å²) in [5.41, 5.74) is 2.98. The number of nitrogens with zero attached hydrogens (tertiary/aromatic N) is 2. The van der Waals surface area contributed by atoms with E-state index in [1.54, 1.807) is 36.4 Å². The van der Waals surface area contributed by atoms with E-state index in [1.165, 1.54) is 30.4 Å². The van der Waals surface area contributed by atoms with Crippen LogP contribution in [0.1, 0.15) is 23.7 Å². The van der Waals surface area contributed by atoms with Crippen molar-refractivity contribution in [2.45, 2.75) is 12.7 Å². The average molecular weight is 444 g/mol.